The van der Waals surface area contributed by atoms with E-state index >= 15 is 0 Å². The van der Waals surface area contributed by atoms with Crippen molar-refractivity contribution in [2.24, 2.45) is 0 Å². The Kier molecular flexibility index (Phi) is 14.3. The molecular formula is C81H86N4+2. The minimum atomic E-state index is -0.329. The van der Waals surface area contributed by atoms with E-state index in [1.807, 2.05) is 0 Å². The van der Waals surface area contributed by atoms with Gasteiger partial charge in [-0.3, -0.25) is 0 Å². The summed E-state index contributed by atoms with van der Waals surface area (Å²) in [6.45, 7) is 42.9. The number of nitrogens with zero attached hydrogens (tertiary/aromatic N) is 4. The molecule has 428 valence electrons. The summed E-state index contributed by atoms with van der Waals surface area (Å²) in [5, 5.41) is 10.4. The lowest BCUT2D eigenvalue weighted by Crippen LogP contribution is -2.31. The third kappa shape index (κ3) is 8.99. The number of allylic oxidation sites excluding steroid dienone is 12. The van der Waals surface area contributed by atoms with Crippen molar-refractivity contribution in [1.29, 1.82) is 0 Å². The van der Waals surface area contributed by atoms with Crippen molar-refractivity contribution in [3.05, 3.63) is 263 Å². The summed E-state index contributed by atoms with van der Waals surface area (Å²) in [4.78, 5) is 5.07. The Morgan fingerprint density at radius 2 is 0.753 bits per heavy atom. The van der Waals surface area contributed by atoms with Gasteiger partial charge in [-0.05, 0) is 191 Å². The van der Waals surface area contributed by atoms with Crippen LogP contribution in [0.15, 0.2) is 230 Å². The van der Waals surface area contributed by atoms with Gasteiger partial charge in [0.1, 0.15) is 14.1 Å². The Morgan fingerprint density at radius 3 is 1.11 bits per heavy atom. The molecule has 0 fully saturated rings. The van der Waals surface area contributed by atoms with Crippen molar-refractivity contribution in [3.8, 4) is 0 Å². The van der Waals surface area contributed by atoms with Gasteiger partial charge in [-0.25, -0.2) is 0 Å². The number of benzene rings is 8. The third-order valence-corrected chi connectivity index (χ3v) is 19.8. The van der Waals surface area contributed by atoms with Gasteiger partial charge in [0.05, 0.1) is 10.8 Å². The Bertz CT molecular complexity index is 4130. The maximum atomic E-state index is 4.57. The molecule has 12 rings (SSSR count). The Balaban J connectivity index is 0.968. The topological polar surface area (TPSA) is 12.5 Å². The van der Waals surface area contributed by atoms with Gasteiger partial charge < -0.3 is 9.80 Å². The Labute approximate surface area is 506 Å². The zero-order chi connectivity index (χ0) is 60.1. The third-order valence-electron chi connectivity index (χ3n) is 19.8. The minimum absolute atomic E-state index is 0.249. The number of rotatable bonds is 16. The first-order chi connectivity index (χ1) is 40.7. The molecule has 85 heavy (non-hydrogen) atoms. The SMILES string of the molecule is C=C(C)CC1(C)C(/C=C/C=C2/N(CC)c3ccc4ccccc4c3C2(C)CC(=C)C)=[N+](C)c2cc(Cc3cc4c(c5ccccc35)C(C)(CC(=C)C)C(/C=C/C=C3/N(CC)c5ccc6ccccc6c5C3(C)CC(=C)C)=[N+]4C)c3ccccc3c21. The van der Waals surface area contributed by atoms with Gasteiger partial charge in [0.2, 0.25) is 11.4 Å². The van der Waals surface area contributed by atoms with Crippen molar-refractivity contribution in [2.75, 3.05) is 37.0 Å². The van der Waals surface area contributed by atoms with E-state index in [1.54, 1.807) is 0 Å². The first-order valence-electron chi connectivity index (χ1n) is 31.0. The van der Waals surface area contributed by atoms with E-state index in [2.05, 4.69) is 299 Å². The van der Waals surface area contributed by atoms with Crippen molar-refractivity contribution >= 4 is 77.3 Å². The number of hydrogen-bond donors (Lipinski definition) is 0. The molecule has 0 N–H and O–H groups in total. The molecule has 8 aromatic carbocycles. The van der Waals surface area contributed by atoms with E-state index in [9.17, 15) is 0 Å². The summed E-state index contributed by atoms with van der Waals surface area (Å²) in [6, 6.07) is 50.4. The molecule has 4 unspecified atom stereocenters. The molecule has 4 aliphatic heterocycles. The standard InChI is InChI=1S/C81H86N4/c1-17-84-66-43-41-56-29-19-21-33-62(56)74(66)80(13,50-54(7)8)72(84)39-27-37-70-78(11,48-52(3)4)76-64-35-25-23-31-60(64)58(46-68(76)82(70)15)45-59-47-69-77(65-36-26-24-32-61(59)65)79(12,49-53(5)6)71(83(69)16)38-28-40-73-81(14,51-55(9)10)75-63-34-22-20-30-57(63)42-44-67(75)85(73)18-2/h19-44,46-47H,3,5,7,9,17-18,45,48-51H2,1-2,4,6,8,10-16H3/q+2. The van der Waals surface area contributed by atoms with Crippen LogP contribution in [0.25, 0.3) is 43.1 Å². The van der Waals surface area contributed by atoms with Crippen LogP contribution < -0.4 is 9.80 Å². The lowest BCUT2D eigenvalue weighted by atomic mass is 9.72. The largest absolute Gasteiger partial charge is 0.344 e. The smallest absolute Gasteiger partial charge is 0.210 e. The van der Waals surface area contributed by atoms with E-state index in [-0.39, 0.29) is 21.7 Å². The average Bonchev–Trinajstić information content (AvgIpc) is 1.65. The van der Waals surface area contributed by atoms with E-state index in [1.165, 1.54) is 144 Å². The maximum Gasteiger partial charge on any atom is 0.210 e. The summed E-state index contributed by atoms with van der Waals surface area (Å²) >= 11 is 0. The van der Waals surface area contributed by atoms with Gasteiger partial charge in [0.15, 0.2) is 11.4 Å². The van der Waals surface area contributed by atoms with Crippen LogP contribution in [0, 0.1) is 0 Å². The van der Waals surface area contributed by atoms with Gasteiger partial charge in [-0.1, -0.05) is 144 Å². The molecule has 8 aromatic rings. The van der Waals surface area contributed by atoms with E-state index in [4.69, 9.17) is 0 Å². The second kappa shape index (κ2) is 21.3. The van der Waals surface area contributed by atoms with Crippen LogP contribution in [0.5, 0.6) is 0 Å². The zero-order valence-electron chi connectivity index (χ0n) is 52.7. The second-order valence-corrected chi connectivity index (χ2v) is 26.6. The molecular weight excluding hydrogens is 1030 g/mol. The predicted octanol–water partition coefficient (Wildman–Crippen LogP) is 20.2. The van der Waals surface area contributed by atoms with Gasteiger partial charge in [0.25, 0.3) is 0 Å². The summed E-state index contributed by atoms with van der Waals surface area (Å²) in [5.74, 6) is 0. The van der Waals surface area contributed by atoms with Crippen molar-refractivity contribution in [1.82, 2.24) is 0 Å². The van der Waals surface area contributed by atoms with E-state index < -0.39 is 0 Å². The first-order valence-corrected chi connectivity index (χ1v) is 31.0. The van der Waals surface area contributed by atoms with Crippen molar-refractivity contribution < 1.29 is 9.15 Å². The lowest BCUT2D eigenvalue weighted by Gasteiger charge is -2.30. The highest BCUT2D eigenvalue weighted by Gasteiger charge is 2.51. The molecule has 4 heteroatoms. The summed E-state index contributed by atoms with van der Waals surface area (Å²) in [6.07, 6.45) is 18.5. The Hall–Kier alpha value is -8.34. The second-order valence-electron chi connectivity index (χ2n) is 26.6. The van der Waals surface area contributed by atoms with Crippen molar-refractivity contribution in [2.45, 2.75) is 123 Å². The fraction of sp³-hybridized carbons (Fsp3) is 0.284. The van der Waals surface area contributed by atoms with Crippen LogP contribution in [-0.2, 0) is 28.1 Å². The number of likely N-dealkylation sites (N-methyl/N-ethyl adjacent to an activating group) is 2. The van der Waals surface area contributed by atoms with Crippen LogP contribution >= 0.6 is 0 Å². The molecule has 0 bridgehead atoms. The first kappa shape index (κ1) is 57.1. The molecule has 4 aliphatic rings. The minimum Gasteiger partial charge on any atom is -0.344 e. The van der Waals surface area contributed by atoms with Crippen LogP contribution in [0.3, 0.4) is 0 Å². The van der Waals surface area contributed by atoms with Gasteiger partial charge in [-0.2, -0.15) is 9.15 Å². The molecule has 0 amide bonds. The highest BCUT2D eigenvalue weighted by Crippen LogP contribution is 2.56. The van der Waals surface area contributed by atoms with Gasteiger partial charge in [-0.15, -0.1) is 26.3 Å². The molecule has 0 radical (unpaired) electrons. The Morgan fingerprint density at radius 1 is 0.424 bits per heavy atom. The number of hydrogen-bond acceptors (Lipinski definition) is 2. The van der Waals surface area contributed by atoms with Crippen LogP contribution in [0.2, 0.25) is 0 Å². The normalized spacial score (nSPS) is 22.6. The fourth-order valence-electron chi connectivity index (χ4n) is 17.0. The molecule has 0 spiro atoms. The number of anilines is 2. The summed E-state index contributed by atoms with van der Waals surface area (Å²) in [7, 11) is 4.57. The molecule has 0 aromatic heterocycles. The maximum absolute atomic E-state index is 4.57. The highest BCUT2D eigenvalue weighted by molar-refractivity contribution is 6.11. The summed E-state index contributed by atoms with van der Waals surface area (Å²) in [5.41, 5.74) is 22.0. The van der Waals surface area contributed by atoms with Crippen LogP contribution in [0.1, 0.15) is 128 Å². The molecule has 0 saturated carbocycles. The molecule has 0 saturated heterocycles. The molecule has 4 heterocycles. The zero-order valence-corrected chi connectivity index (χ0v) is 52.7. The fourth-order valence-corrected chi connectivity index (χ4v) is 17.0. The number of fused-ring (bicyclic) bond motifs is 12. The molecule has 0 aliphatic carbocycles. The quantitative estimate of drug-likeness (QED) is 0.0706. The predicted molar refractivity (Wildman–Crippen MR) is 368 cm³/mol. The van der Waals surface area contributed by atoms with E-state index in [0.29, 0.717) is 0 Å². The van der Waals surface area contributed by atoms with Gasteiger partial charge in [0, 0.05) is 82.1 Å². The monoisotopic (exact) mass is 1110 g/mol. The molecule has 4 nitrogen and oxygen atoms in total. The van der Waals surface area contributed by atoms with Crippen molar-refractivity contribution in [3.63, 3.8) is 0 Å². The van der Waals surface area contributed by atoms with Crippen LogP contribution in [0.4, 0.5) is 22.7 Å². The molecule has 4 atom stereocenters. The van der Waals surface area contributed by atoms with Gasteiger partial charge >= 0.3 is 0 Å². The van der Waals surface area contributed by atoms with Crippen LogP contribution in [-0.4, -0.2) is 47.8 Å². The summed E-state index contributed by atoms with van der Waals surface area (Å²) < 4.78 is 4.97. The highest BCUT2D eigenvalue weighted by atomic mass is 15.2. The average molecular weight is 1120 g/mol. The van der Waals surface area contributed by atoms with E-state index in [0.717, 1.165) is 45.2 Å². The lowest BCUT2D eigenvalue weighted by molar-refractivity contribution is -0.401.